The normalized spacial score (nSPS) is 24.2. The fourth-order valence-corrected chi connectivity index (χ4v) is 4.50. The third kappa shape index (κ3) is 3.32. The fourth-order valence-electron chi connectivity index (χ4n) is 2.38. The lowest BCUT2D eigenvalue weighted by molar-refractivity contribution is -0.0750. The number of nitrogens with zero attached hydrogens (tertiary/aromatic N) is 1. The number of hydrogen-bond donors (Lipinski definition) is 2. The summed E-state index contributed by atoms with van der Waals surface area (Å²) in [6.07, 6.45) is -0.817. The van der Waals surface area contributed by atoms with Gasteiger partial charge in [0.2, 0.25) is 10.0 Å². The molecule has 21 heavy (non-hydrogen) atoms. The Balaban J connectivity index is 2.42. The van der Waals surface area contributed by atoms with Crippen molar-refractivity contribution in [2.45, 2.75) is 31.0 Å². The number of hydrogen-bond acceptors (Lipinski definition) is 5. The first-order chi connectivity index (χ1) is 9.75. The Hall–Kier alpha value is -0.860. The average Bonchev–Trinajstić information content (AvgIpc) is 2.41. The highest BCUT2D eigenvalue weighted by atomic mass is 35.5. The van der Waals surface area contributed by atoms with Crippen LogP contribution in [-0.4, -0.2) is 49.7 Å². The van der Waals surface area contributed by atoms with Crippen LogP contribution in [0.2, 0.25) is 5.02 Å². The second kappa shape index (κ2) is 6.10. The molecule has 0 saturated carbocycles. The minimum absolute atomic E-state index is 0.0956. The number of aliphatic hydroxyl groups is 1. The van der Waals surface area contributed by atoms with Crippen LogP contribution >= 0.6 is 11.6 Å². The van der Waals surface area contributed by atoms with Crippen molar-refractivity contribution in [3.8, 4) is 0 Å². The summed E-state index contributed by atoms with van der Waals surface area (Å²) in [7, 11) is -3.74. The molecule has 118 valence electrons. The highest BCUT2D eigenvalue weighted by Gasteiger charge is 2.34. The molecule has 0 aliphatic carbocycles. The summed E-state index contributed by atoms with van der Waals surface area (Å²) in [6.45, 7) is 3.52. The lowest BCUT2D eigenvalue weighted by atomic mass is 10.2. The van der Waals surface area contributed by atoms with E-state index in [9.17, 15) is 13.5 Å². The summed E-state index contributed by atoms with van der Waals surface area (Å²) in [5.41, 5.74) is 6.60. The van der Waals surface area contributed by atoms with Crippen LogP contribution in [-0.2, 0) is 14.8 Å². The first-order valence-corrected chi connectivity index (χ1v) is 8.39. The molecule has 0 amide bonds. The number of nitrogens with two attached hydrogens (primary N) is 1. The first-order valence-electron chi connectivity index (χ1n) is 6.57. The Morgan fingerprint density at radius 3 is 2.76 bits per heavy atom. The standard InChI is InChI=1S/C13H19ClN2O4S/c1-8-5-16(6-11(7-17)20-8)21(18,19)13-4-10(14)3-12(15)9(13)2/h3-4,8,11,17H,5-7,15H2,1-2H3. The number of rotatable bonds is 3. The van der Waals surface area contributed by atoms with Crippen molar-refractivity contribution in [2.24, 2.45) is 0 Å². The van der Waals surface area contributed by atoms with Gasteiger partial charge < -0.3 is 15.6 Å². The van der Waals surface area contributed by atoms with Crippen LogP contribution in [0.25, 0.3) is 0 Å². The van der Waals surface area contributed by atoms with Gasteiger partial charge in [0.05, 0.1) is 23.7 Å². The number of anilines is 1. The summed E-state index contributed by atoms with van der Waals surface area (Å²) >= 11 is 5.92. The molecule has 1 aliphatic rings. The van der Waals surface area contributed by atoms with Crippen LogP contribution in [0.5, 0.6) is 0 Å². The predicted octanol–water partition coefficient (Wildman–Crippen LogP) is 1.00. The highest BCUT2D eigenvalue weighted by Crippen LogP contribution is 2.29. The van der Waals surface area contributed by atoms with E-state index in [2.05, 4.69) is 0 Å². The number of aliphatic hydroxyl groups excluding tert-OH is 1. The van der Waals surface area contributed by atoms with E-state index in [0.717, 1.165) is 0 Å². The van der Waals surface area contributed by atoms with Crippen molar-refractivity contribution in [1.82, 2.24) is 4.31 Å². The minimum Gasteiger partial charge on any atom is -0.398 e. The molecule has 1 fully saturated rings. The Morgan fingerprint density at radius 2 is 2.14 bits per heavy atom. The lowest BCUT2D eigenvalue weighted by Gasteiger charge is -2.35. The molecule has 1 heterocycles. The third-order valence-corrected chi connectivity index (χ3v) is 5.66. The molecule has 1 aromatic rings. The van der Waals surface area contributed by atoms with Gasteiger partial charge in [0.1, 0.15) is 0 Å². The van der Waals surface area contributed by atoms with Gasteiger partial charge in [0, 0.05) is 23.8 Å². The highest BCUT2D eigenvalue weighted by molar-refractivity contribution is 7.89. The van der Waals surface area contributed by atoms with Crippen molar-refractivity contribution in [3.05, 3.63) is 22.7 Å². The zero-order valence-corrected chi connectivity index (χ0v) is 13.5. The maximum atomic E-state index is 12.8. The van der Waals surface area contributed by atoms with Crippen molar-refractivity contribution in [1.29, 1.82) is 0 Å². The molecule has 1 aliphatic heterocycles. The maximum Gasteiger partial charge on any atom is 0.243 e. The topological polar surface area (TPSA) is 92.9 Å². The Morgan fingerprint density at radius 1 is 1.48 bits per heavy atom. The zero-order valence-electron chi connectivity index (χ0n) is 11.9. The lowest BCUT2D eigenvalue weighted by Crippen LogP contribution is -2.50. The second-order valence-electron chi connectivity index (χ2n) is 5.19. The Kier molecular flexibility index (Phi) is 4.79. The first kappa shape index (κ1) is 16.5. The van der Waals surface area contributed by atoms with Crippen LogP contribution < -0.4 is 5.73 Å². The van der Waals surface area contributed by atoms with Crippen LogP contribution in [0.3, 0.4) is 0 Å². The van der Waals surface area contributed by atoms with Crippen LogP contribution in [0, 0.1) is 6.92 Å². The largest absolute Gasteiger partial charge is 0.398 e. The molecule has 6 nitrogen and oxygen atoms in total. The van der Waals surface area contributed by atoms with Crippen molar-refractivity contribution < 1.29 is 18.3 Å². The number of benzene rings is 1. The molecule has 1 aromatic carbocycles. The van der Waals surface area contributed by atoms with Crippen LogP contribution in [0.4, 0.5) is 5.69 Å². The molecular weight excluding hydrogens is 316 g/mol. The SMILES string of the molecule is Cc1c(N)cc(Cl)cc1S(=O)(=O)N1CC(C)OC(CO)C1. The van der Waals surface area contributed by atoms with Crippen LogP contribution in [0.1, 0.15) is 12.5 Å². The molecule has 0 radical (unpaired) electrons. The van der Waals surface area contributed by atoms with Gasteiger partial charge in [-0.05, 0) is 31.5 Å². The fraction of sp³-hybridized carbons (Fsp3) is 0.538. The molecule has 0 spiro atoms. The molecule has 2 atom stereocenters. The van der Waals surface area contributed by atoms with E-state index >= 15 is 0 Å². The average molecular weight is 335 g/mol. The van der Waals surface area contributed by atoms with Gasteiger partial charge in [-0.3, -0.25) is 0 Å². The molecular formula is C13H19ClN2O4S. The summed E-state index contributed by atoms with van der Waals surface area (Å²) in [5.74, 6) is 0. The molecule has 8 heteroatoms. The van der Waals surface area contributed by atoms with E-state index in [4.69, 9.17) is 22.1 Å². The minimum atomic E-state index is -3.74. The van der Waals surface area contributed by atoms with Crippen molar-refractivity contribution in [3.63, 3.8) is 0 Å². The van der Waals surface area contributed by atoms with Gasteiger partial charge in [-0.25, -0.2) is 8.42 Å². The van der Waals surface area contributed by atoms with Crippen molar-refractivity contribution in [2.75, 3.05) is 25.4 Å². The second-order valence-corrected chi connectivity index (χ2v) is 7.53. The summed E-state index contributed by atoms with van der Waals surface area (Å²) in [4.78, 5) is 0.0956. The molecule has 0 bridgehead atoms. The molecule has 1 saturated heterocycles. The number of ether oxygens (including phenoxy) is 1. The van der Waals surface area contributed by atoms with Gasteiger partial charge in [0.15, 0.2) is 0 Å². The predicted molar refractivity (Wildman–Crippen MR) is 80.8 cm³/mol. The van der Waals surface area contributed by atoms with Gasteiger partial charge in [-0.1, -0.05) is 11.6 Å². The molecule has 2 rings (SSSR count). The third-order valence-electron chi connectivity index (χ3n) is 3.48. The van der Waals surface area contributed by atoms with Crippen molar-refractivity contribution >= 4 is 27.3 Å². The molecule has 3 N–H and O–H groups in total. The number of morpholine rings is 1. The van der Waals surface area contributed by atoms with E-state index in [0.29, 0.717) is 11.3 Å². The summed E-state index contributed by atoms with van der Waals surface area (Å²) < 4.78 is 32.4. The van der Waals surface area contributed by atoms with E-state index in [1.165, 1.54) is 16.4 Å². The van der Waals surface area contributed by atoms with E-state index < -0.39 is 16.1 Å². The number of sulfonamides is 1. The van der Waals surface area contributed by atoms with E-state index in [1.54, 1.807) is 13.8 Å². The van der Waals surface area contributed by atoms with E-state index in [1.807, 2.05) is 0 Å². The van der Waals surface area contributed by atoms with Gasteiger partial charge in [-0.2, -0.15) is 4.31 Å². The zero-order chi connectivity index (χ0) is 15.8. The smallest absolute Gasteiger partial charge is 0.243 e. The Bertz CT molecular complexity index is 635. The molecule has 0 aromatic heterocycles. The van der Waals surface area contributed by atoms with Gasteiger partial charge >= 0.3 is 0 Å². The van der Waals surface area contributed by atoms with E-state index in [-0.39, 0.29) is 35.7 Å². The maximum absolute atomic E-state index is 12.8. The monoisotopic (exact) mass is 334 g/mol. The number of halogens is 1. The quantitative estimate of drug-likeness (QED) is 0.804. The molecule has 2 unspecified atom stereocenters. The number of nitrogen functional groups attached to an aromatic ring is 1. The van der Waals surface area contributed by atoms with Gasteiger partial charge in [-0.15, -0.1) is 0 Å². The van der Waals surface area contributed by atoms with Gasteiger partial charge in [0.25, 0.3) is 0 Å². The summed E-state index contributed by atoms with van der Waals surface area (Å²) in [6, 6.07) is 2.92. The Labute approximate surface area is 129 Å². The van der Waals surface area contributed by atoms with Crippen LogP contribution in [0.15, 0.2) is 17.0 Å². The summed E-state index contributed by atoms with van der Waals surface area (Å²) in [5, 5.41) is 9.49.